The Hall–Kier alpha value is -2.10. The molecule has 2 rings (SSSR count). The predicted octanol–water partition coefficient (Wildman–Crippen LogP) is 1.97. The van der Waals surface area contributed by atoms with E-state index in [0.717, 1.165) is 22.4 Å². The van der Waals surface area contributed by atoms with E-state index < -0.39 is 0 Å². The molecule has 18 heavy (non-hydrogen) atoms. The van der Waals surface area contributed by atoms with Crippen molar-refractivity contribution in [2.75, 3.05) is 0 Å². The van der Waals surface area contributed by atoms with Gasteiger partial charge >= 0.3 is 0 Å². The second kappa shape index (κ2) is 5.04. The molecule has 0 aliphatic carbocycles. The summed E-state index contributed by atoms with van der Waals surface area (Å²) in [5.41, 5.74) is 3.79. The van der Waals surface area contributed by atoms with Crippen LogP contribution in [0.15, 0.2) is 30.5 Å². The van der Waals surface area contributed by atoms with Crippen LogP contribution >= 0.6 is 0 Å². The molecule has 1 aromatic heterocycles. The molecular weight excluding hydrogens is 226 g/mol. The van der Waals surface area contributed by atoms with Crippen LogP contribution in [-0.4, -0.2) is 15.7 Å². The fourth-order valence-electron chi connectivity index (χ4n) is 1.82. The molecule has 4 heteroatoms. The van der Waals surface area contributed by atoms with Crippen molar-refractivity contribution >= 4 is 5.91 Å². The lowest BCUT2D eigenvalue weighted by Crippen LogP contribution is -2.24. The van der Waals surface area contributed by atoms with Gasteiger partial charge in [0.05, 0.1) is 12.2 Å². The van der Waals surface area contributed by atoms with E-state index >= 15 is 0 Å². The van der Waals surface area contributed by atoms with Crippen LogP contribution in [0.4, 0.5) is 0 Å². The summed E-state index contributed by atoms with van der Waals surface area (Å²) in [6.07, 6.45) is 1.72. The van der Waals surface area contributed by atoms with E-state index in [1.807, 2.05) is 45.2 Å². The van der Waals surface area contributed by atoms with Crippen LogP contribution in [-0.2, 0) is 13.6 Å². The first-order valence-corrected chi connectivity index (χ1v) is 5.90. The van der Waals surface area contributed by atoms with Crippen LogP contribution in [0.25, 0.3) is 0 Å². The topological polar surface area (TPSA) is 46.9 Å². The van der Waals surface area contributed by atoms with Gasteiger partial charge in [0.2, 0.25) is 0 Å². The molecule has 0 saturated heterocycles. The molecule has 0 unspecified atom stereocenters. The summed E-state index contributed by atoms with van der Waals surface area (Å²) >= 11 is 0. The van der Waals surface area contributed by atoms with Crippen molar-refractivity contribution < 1.29 is 4.79 Å². The lowest BCUT2D eigenvalue weighted by molar-refractivity contribution is 0.0949. The molecule has 1 heterocycles. The molecule has 0 radical (unpaired) electrons. The zero-order chi connectivity index (χ0) is 13.1. The average Bonchev–Trinajstić information content (AvgIpc) is 2.75. The van der Waals surface area contributed by atoms with Crippen molar-refractivity contribution in [1.29, 1.82) is 0 Å². The zero-order valence-electron chi connectivity index (χ0n) is 10.9. The quantitative estimate of drug-likeness (QED) is 0.895. The van der Waals surface area contributed by atoms with Gasteiger partial charge in [-0.05, 0) is 31.5 Å². The molecular formula is C14H17N3O. The van der Waals surface area contributed by atoms with Crippen molar-refractivity contribution in [3.8, 4) is 0 Å². The Kier molecular flexibility index (Phi) is 3.46. The number of nitrogens with one attached hydrogen (secondary N) is 1. The van der Waals surface area contributed by atoms with Crippen LogP contribution in [0.3, 0.4) is 0 Å². The fourth-order valence-corrected chi connectivity index (χ4v) is 1.82. The largest absolute Gasteiger partial charge is 0.346 e. The smallest absolute Gasteiger partial charge is 0.251 e. The number of benzene rings is 1. The Morgan fingerprint density at radius 1 is 1.33 bits per heavy atom. The van der Waals surface area contributed by atoms with Gasteiger partial charge in [-0.25, -0.2) is 0 Å². The van der Waals surface area contributed by atoms with Crippen molar-refractivity contribution in [2.24, 2.45) is 7.05 Å². The molecule has 94 valence electrons. The maximum atomic E-state index is 12.1. The van der Waals surface area contributed by atoms with Crippen LogP contribution in [0, 0.1) is 13.8 Å². The molecule has 1 amide bonds. The molecule has 1 aromatic carbocycles. The highest BCUT2D eigenvalue weighted by molar-refractivity contribution is 5.95. The first-order valence-electron chi connectivity index (χ1n) is 5.90. The zero-order valence-corrected chi connectivity index (χ0v) is 10.9. The molecule has 0 aliphatic heterocycles. The summed E-state index contributed by atoms with van der Waals surface area (Å²) in [4.78, 5) is 12.1. The van der Waals surface area contributed by atoms with Gasteiger partial charge in [-0.15, -0.1) is 0 Å². The van der Waals surface area contributed by atoms with E-state index in [4.69, 9.17) is 0 Å². The van der Waals surface area contributed by atoms with Crippen molar-refractivity contribution in [3.05, 3.63) is 52.8 Å². The second-order valence-electron chi connectivity index (χ2n) is 4.45. The number of hydrogen-bond donors (Lipinski definition) is 1. The van der Waals surface area contributed by atoms with E-state index in [1.54, 1.807) is 10.9 Å². The number of aromatic nitrogens is 2. The molecule has 0 atom stereocenters. The number of amides is 1. The normalized spacial score (nSPS) is 10.4. The van der Waals surface area contributed by atoms with Gasteiger partial charge in [-0.3, -0.25) is 9.48 Å². The minimum absolute atomic E-state index is 0.0441. The standard InChI is InChI=1S/C14H17N3O/c1-10-4-5-11(2)13(8-10)14(18)15-9-12-6-7-16-17(12)3/h4-8H,9H2,1-3H3,(H,15,18). The molecule has 4 nitrogen and oxygen atoms in total. The molecule has 0 spiro atoms. The Balaban J connectivity index is 2.08. The van der Waals surface area contributed by atoms with Crippen LogP contribution in [0.5, 0.6) is 0 Å². The lowest BCUT2D eigenvalue weighted by Gasteiger charge is -2.08. The summed E-state index contributed by atoms with van der Waals surface area (Å²) in [6.45, 7) is 4.42. The number of carbonyl (C=O) groups excluding carboxylic acids is 1. The van der Waals surface area contributed by atoms with E-state index in [-0.39, 0.29) is 5.91 Å². The molecule has 1 N–H and O–H groups in total. The Labute approximate surface area is 107 Å². The molecule has 0 saturated carbocycles. The van der Waals surface area contributed by atoms with Gasteiger partial charge in [0.15, 0.2) is 0 Å². The molecule has 2 aromatic rings. The summed E-state index contributed by atoms with van der Waals surface area (Å²) in [6, 6.07) is 7.78. The SMILES string of the molecule is Cc1ccc(C)c(C(=O)NCc2ccnn2C)c1. The van der Waals surface area contributed by atoms with Crippen LogP contribution < -0.4 is 5.32 Å². The van der Waals surface area contributed by atoms with E-state index in [2.05, 4.69) is 10.4 Å². The van der Waals surface area contributed by atoms with E-state index in [0.29, 0.717) is 6.54 Å². The molecule has 0 bridgehead atoms. The van der Waals surface area contributed by atoms with Crippen molar-refractivity contribution in [3.63, 3.8) is 0 Å². The van der Waals surface area contributed by atoms with Gasteiger partial charge in [0, 0.05) is 18.8 Å². The highest BCUT2D eigenvalue weighted by atomic mass is 16.1. The summed E-state index contributed by atoms with van der Waals surface area (Å²) in [7, 11) is 1.86. The fraction of sp³-hybridized carbons (Fsp3) is 0.286. The third-order valence-corrected chi connectivity index (χ3v) is 2.99. The van der Waals surface area contributed by atoms with Gasteiger partial charge in [-0.2, -0.15) is 5.10 Å². The minimum Gasteiger partial charge on any atom is -0.346 e. The first-order chi connectivity index (χ1) is 8.58. The average molecular weight is 243 g/mol. The van der Waals surface area contributed by atoms with Gasteiger partial charge < -0.3 is 5.32 Å². The van der Waals surface area contributed by atoms with Crippen LogP contribution in [0.2, 0.25) is 0 Å². The first kappa shape index (κ1) is 12.4. The summed E-state index contributed by atoms with van der Waals surface area (Å²) in [5.74, 6) is -0.0441. The Bertz CT molecular complexity index is 572. The number of aryl methyl sites for hydroxylation is 3. The summed E-state index contributed by atoms with van der Waals surface area (Å²) in [5, 5.41) is 6.97. The summed E-state index contributed by atoms with van der Waals surface area (Å²) < 4.78 is 1.75. The van der Waals surface area contributed by atoms with E-state index in [1.165, 1.54) is 0 Å². The highest BCUT2D eigenvalue weighted by Crippen LogP contribution is 2.10. The van der Waals surface area contributed by atoms with Crippen molar-refractivity contribution in [1.82, 2.24) is 15.1 Å². The molecule has 0 aliphatic rings. The molecule has 0 fully saturated rings. The third kappa shape index (κ3) is 2.59. The van der Waals surface area contributed by atoms with Crippen molar-refractivity contribution in [2.45, 2.75) is 20.4 Å². The maximum absolute atomic E-state index is 12.1. The van der Waals surface area contributed by atoms with Gasteiger partial charge in [0.1, 0.15) is 0 Å². The van der Waals surface area contributed by atoms with Crippen LogP contribution in [0.1, 0.15) is 27.2 Å². The number of nitrogens with zero attached hydrogens (tertiary/aromatic N) is 2. The Morgan fingerprint density at radius 2 is 2.11 bits per heavy atom. The number of carbonyl (C=O) groups is 1. The van der Waals surface area contributed by atoms with Gasteiger partial charge in [-0.1, -0.05) is 17.7 Å². The maximum Gasteiger partial charge on any atom is 0.251 e. The lowest BCUT2D eigenvalue weighted by atomic mass is 10.1. The minimum atomic E-state index is -0.0441. The van der Waals surface area contributed by atoms with E-state index in [9.17, 15) is 4.79 Å². The van der Waals surface area contributed by atoms with Gasteiger partial charge in [0.25, 0.3) is 5.91 Å². The third-order valence-electron chi connectivity index (χ3n) is 2.99. The monoisotopic (exact) mass is 243 g/mol. The highest BCUT2D eigenvalue weighted by Gasteiger charge is 2.09. The number of hydrogen-bond acceptors (Lipinski definition) is 2. The predicted molar refractivity (Wildman–Crippen MR) is 70.3 cm³/mol. The second-order valence-corrected chi connectivity index (χ2v) is 4.45. The number of rotatable bonds is 3. The Morgan fingerprint density at radius 3 is 2.78 bits per heavy atom.